The van der Waals surface area contributed by atoms with Gasteiger partial charge in [-0.2, -0.15) is 0 Å². The summed E-state index contributed by atoms with van der Waals surface area (Å²) < 4.78 is 14.4. The molecule has 0 unspecified atom stereocenters. The molecule has 114 valence electrons. The first-order chi connectivity index (χ1) is 9.60. The predicted molar refractivity (Wildman–Crippen MR) is 72.1 cm³/mol. The summed E-state index contributed by atoms with van der Waals surface area (Å²) in [7, 11) is 0. The normalized spacial score (nSPS) is 10.5. The number of carbonyl (C=O) groups excluding carboxylic acids is 3. The van der Waals surface area contributed by atoms with Crippen LogP contribution in [-0.4, -0.2) is 44.1 Å². The zero-order valence-corrected chi connectivity index (χ0v) is 12.1. The van der Waals surface area contributed by atoms with Crippen molar-refractivity contribution in [3.63, 3.8) is 0 Å². The third kappa shape index (κ3) is 11.4. The van der Waals surface area contributed by atoms with E-state index in [0.717, 1.165) is 25.0 Å². The van der Waals surface area contributed by atoms with Crippen molar-refractivity contribution in [3.8, 4) is 0 Å². The molecule has 0 aliphatic heterocycles. The van der Waals surface area contributed by atoms with Gasteiger partial charge in [0.25, 0.3) is 0 Å². The van der Waals surface area contributed by atoms with Crippen molar-refractivity contribution in [1.29, 1.82) is 0 Å². The van der Waals surface area contributed by atoms with Crippen LogP contribution < -0.4 is 0 Å². The van der Waals surface area contributed by atoms with Crippen LogP contribution >= 0.6 is 0 Å². The van der Waals surface area contributed by atoms with Crippen LogP contribution in [0.2, 0.25) is 0 Å². The van der Waals surface area contributed by atoms with Crippen molar-refractivity contribution in [2.45, 2.75) is 33.1 Å². The quantitative estimate of drug-likeness (QED) is 0.325. The minimum atomic E-state index is -0.739. The van der Waals surface area contributed by atoms with Gasteiger partial charge in [0.05, 0.1) is 6.61 Å². The van der Waals surface area contributed by atoms with Crippen LogP contribution in [-0.2, 0) is 28.6 Å². The van der Waals surface area contributed by atoms with Crippen LogP contribution in [0, 0.1) is 0 Å². The van der Waals surface area contributed by atoms with Gasteiger partial charge in [0.15, 0.2) is 5.78 Å². The molecule has 0 aromatic carbocycles. The molecule has 20 heavy (non-hydrogen) atoms. The van der Waals surface area contributed by atoms with Crippen molar-refractivity contribution in [3.05, 3.63) is 12.2 Å². The number of ketones is 1. The first kappa shape index (κ1) is 18.3. The Morgan fingerprint density at radius 3 is 2.20 bits per heavy atom. The lowest BCUT2D eigenvalue weighted by atomic mass is 10.2. The van der Waals surface area contributed by atoms with Crippen molar-refractivity contribution in [2.24, 2.45) is 0 Å². The largest absolute Gasteiger partial charge is 0.460 e. The molecule has 0 radical (unpaired) electrons. The molecule has 0 atom stereocenters. The second kappa shape index (κ2) is 12.3. The van der Waals surface area contributed by atoms with Crippen LogP contribution in [0.5, 0.6) is 0 Å². The SMILES string of the molecule is CCCCC(=O)COC(=O)/C=C/C(=O)OCCOCC. The predicted octanol–water partition coefficient (Wildman–Crippen LogP) is 1.42. The van der Waals surface area contributed by atoms with Gasteiger partial charge in [-0.3, -0.25) is 4.79 Å². The lowest BCUT2D eigenvalue weighted by Crippen LogP contribution is -2.13. The van der Waals surface area contributed by atoms with Gasteiger partial charge in [-0.05, 0) is 13.3 Å². The summed E-state index contributed by atoms with van der Waals surface area (Å²) in [6.07, 6.45) is 3.99. The molecule has 0 aromatic heterocycles. The summed E-state index contributed by atoms with van der Waals surface area (Å²) in [5.74, 6) is -1.52. The molecule has 0 bridgehead atoms. The van der Waals surface area contributed by atoms with E-state index in [2.05, 4.69) is 4.74 Å². The van der Waals surface area contributed by atoms with E-state index in [4.69, 9.17) is 9.47 Å². The molecular weight excluding hydrogens is 264 g/mol. The summed E-state index contributed by atoms with van der Waals surface area (Å²) in [5, 5.41) is 0. The maximum atomic E-state index is 11.2. The Kier molecular flexibility index (Phi) is 11.3. The smallest absolute Gasteiger partial charge is 0.331 e. The number of ether oxygens (including phenoxy) is 3. The maximum Gasteiger partial charge on any atom is 0.331 e. The summed E-state index contributed by atoms with van der Waals surface area (Å²) in [6.45, 7) is 4.53. The van der Waals surface area contributed by atoms with E-state index in [1.54, 1.807) is 0 Å². The highest BCUT2D eigenvalue weighted by molar-refractivity contribution is 5.92. The highest BCUT2D eigenvalue weighted by Crippen LogP contribution is 1.96. The first-order valence-electron chi connectivity index (χ1n) is 6.71. The molecule has 0 rings (SSSR count). The second-order valence-electron chi connectivity index (χ2n) is 3.95. The minimum absolute atomic E-state index is 0.127. The Labute approximate surface area is 119 Å². The van der Waals surface area contributed by atoms with Crippen molar-refractivity contribution in [2.75, 3.05) is 26.4 Å². The number of carbonyl (C=O) groups is 3. The molecule has 0 aliphatic carbocycles. The summed E-state index contributed by atoms with van der Waals surface area (Å²) >= 11 is 0. The van der Waals surface area contributed by atoms with Crippen LogP contribution in [0.3, 0.4) is 0 Å². The number of hydrogen-bond donors (Lipinski definition) is 0. The number of hydrogen-bond acceptors (Lipinski definition) is 6. The Bertz CT molecular complexity index is 335. The van der Waals surface area contributed by atoms with E-state index >= 15 is 0 Å². The fourth-order valence-corrected chi connectivity index (χ4v) is 1.18. The molecule has 6 nitrogen and oxygen atoms in total. The number of unbranched alkanes of at least 4 members (excludes halogenated alkanes) is 1. The van der Waals surface area contributed by atoms with Gasteiger partial charge < -0.3 is 14.2 Å². The van der Waals surface area contributed by atoms with Gasteiger partial charge in [0, 0.05) is 25.2 Å². The monoisotopic (exact) mass is 286 g/mol. The standard InChI is InChI=1S/C14H22O6/c1-3-5-6-12(15)11-20-14(17)8-7-13(16)19-10-9-18-4-2/h7-8H,3-6,9-11H2,1-2H3/b8-7+. The zero-order chi connectivity index (χ0) is 15.2. The lowest BCUT2D eigenvalue weighted by Gasteiger charge is -2.02. The van der Waals surface area contributed by atoms with Crippen LogP contribution in [0.4, 0.5) is 0 Å². The van der Waals surface area contributed by atoms with E-state index in [1.165, 1.54) is 0 Å². The molecular formula is C14H22O6. The molecule has 0 N–H and O–H groups in total. The summed E-state index contributed by atoms with van der Waals surface area (Å²) in [6, 6.07) is 0. The van der Waals surface area contributed by atoms with Gasteiger partial charge in [-0.1, -0.05) is 13.3 Å². The number of esters is 2. The molecule has 0 saturated heterocycles. The maximum absolute atomic E-state index is 11.2. The van der Waals surface area contributed by atoms with Gasteiger partial charge in [0.1, 0.15) is 13.2 Å². The van der Waals surface area contributed by atoms with Crippen LogP contribution in [0.1, 0.15) is 33.1 Å². The second-order valence-corrected chi connectivity index (χ2v) is 3.95. The van der Waals surface area contributed by atoms with Gasteiger partial charge in [0.2, 0.25) is 0 Å². The van der Waals surface area contributed by atoms with Crippen molar-refractivity contribution < 1.29 is 28.6 Å². The molecule has 0 aromatic rings. The molecule has 0 spiro atoms. The third-order valence-electron chi connectivity index (χ3n) is 2.22. The van der Waals surface area contributed by atoms with Gasteiger partial charge >= 0.3 is 11.9 Å². The van der Waals surface area contributed by atoms with Gasteiger partial charge in [-0.25, -0.2) is 9.59 Å². The molecule has 0 saturated carbocycles. The number of rotatable bonds is 11. The first-order valence-corrected chi connectivity index (χ1v) is 6.71. The average Bonchev–Trinajstić information content (AvgIpc) is 2.45. The van der Waals surface area contributed by atoms with Crippen LogP contribution in [0.25, 0.3) is 0 Å². The Morgan fingerprint density at radius 1 is 0.950 bits per heavy atom. The van der Waals surface area contributed by atoms with Crippen molar-refractivity contribution in [1.82, 2.24) is 0 Å². The molecule has 0 heterocycles. The van der Waals surface area contributed by atoms with E-state index in [9.17, 15) is 14.4 Å². The van der Waals surface area contributed by atoms with E-state index in [-0.39, 0.29) is 19.0 Å². The molecule has 0 aliphatic rings. The molecule has 6 heteroatoms. The highest BCUT2D eigenvalue weighted by Gasteiger charge is 2.05. The lowest BCUT2D eigenvalue weighted by molar-refractivity contribution is -0.144. The third-order valence-corrected chi connectivity index (χ3v) is 2.22. The van der Waals surface area contributed by atoms with Crippen molar-refractivity contribution >= 4 is 17.7 Å². The topological polar surface area (TPSA) is 78.9 Å². The summed E-state index contributed by atoms with van der Waals surface area (Å²) in [4.78, 5) is 33.6. The van der Waals surface area contributed by atoms with E-state index in [1.807, 2.05) is 13.8 Å². The van der Waals surface area contributed by atoms with E-state index < -0.39 is 11.9 Å². The van der Waals surface area contributed by atoms with E-state index in [0.29, 0.717) is 19.6 Å². The zero-order valence-electron chi connectivity index (χ0n) is 12.1. The summed E-state index contributed by atoms with van der Waals surface area (Å²) in [5.41, 5.74) is 0. The fraction of sp³-hybridized carbons (Fsp3) is 0.643. The average molecular weight is 286 g/mol. The Morgan fingerprint density at radius 2 is 1.60 bits per heavy atom. The molecule has 0 fully saturated rings. The fourth-order valence-electron chi connectivity index (χ4n) is 1.18. The highest BCUT2D eigenvalue weighted by atomic mass is 16.6. The molecule has 0 amide bonds. The minimum Gasteiger partial charge on any atom is -0.460 e. The van der Waals surface area contributed by atoms with Gasteiger partial charge in [-0.15, -0.1) is 0 Å². The Balaban J connectivity index is 3.75. The van der Waals surface area contributed by atoms with Crippen LogP contribution in [0.15, 0.2) is 12.2 Å². The Hall–Kier alpha value is -1.69. The number of Topliss-reactive ketones (excluding diaryl/α,β-unsaturated/α-hetero) is 1.